The molecule has 3 aliphatic rings. The van der Waals surface area contributed by atoms with Gasteiger partial charge < -0.3 is 20.0 Å². The van der Waals surface area contributed by atoms with Gasteiger partial charge in [0, 0.05) is 40.0 Å². The lowest BCUT2D eigenvalue weighted by molar-refractivity contribution is 0.828. The van der Waals surface area contributed by atoms with Crippen LogP contribution < -0.4 is 20.0 Å². The zero-order valence-electron chi connectivity index (χ0n) is 26.9. The summed E-state index contributed by atoms with van der Waals surface area (Å²) in [4.78, 5) is 7.11. The van der Waals surface area contributed by atoms with E-state index in [-0.39, 0.29) is 6.17 Å². The topological polar surface area (TPSA) is 21.8 Å². The molecule has 0 fully saturated rings. The molecule has 0 saturated heterocycles. The first kappa shape index (κ1) is 28.7. The van der Waals surface area contributed by atoms with E-state index in [2.05, 4.69) is 209 Å². The minimum atomic E-state index is -0.0841. The number of nitrogens with one attached hydrogen (secondary N) is 1. The third-order valence-electron chi connectivity index (χ3n) is 9.48. The lowest BCUT2D eigenvalue weighted by atomic mass is 9.91. The first-order valence-electron chi connectivity index (χ1n) is 16.7. The summed E-state index contributed by atoms with van der Waals surface area (Å²) in [6.45, 7) is 4.63. The van der Waals surface area contributed by atoms with E-state index in [4.69, 9.17) is 0 Å². The highest BCUT2D eigenvalue weighted by atomic mass is 15.3. The molecule has 234 valence electrons. The summed E-state index contributed by atoms with van der Waals surface area (Å²) in [5.74, 6) is 0. The first-order valence-corrected chi connectivity index (χ1v) is 16.7. The van der Waals surface area contributed by atoms with Crippen molar-refractivity contribution in [3.8, 4) is 0 Å². The van der Waals surface area contributed by atoms with Crippen molar-refractivity contribution in [1.82, 2.24) is 0 Å². The molecule has 4 heteroatoms. The summed E-state index contributed by atoms with van der Waals surface area (Å²) in [7, 11) is 0. The molecule has 1 N–H and O–H groups in total. The van der Waals surface area contributed by atoms with Gasteiger partial charge in [-0.05, 0) is 77.9 Å². The number of rotatable bonds is 4. The Balaban J connectivity index is 1.25. The zero-order valence-corrected chi connectivity index (χ0v) is 26.9. The fraction of sp³-hybridized carbons (Fsp3) is 0.0222. The molecule has 4 nitrogen and oxygen atoms in total. The van der Waals surface area contributed by atoms with E-state index < -0.39 is 0 Å². The lowest BCUT2D eigenvalue weighted by Gasteiger charge is -2.31. The van der Waals surface area contributed by atoms with E-state index in [0.717, 1.165) is 62.1 Å². The molecule has 1 unspecified atom stereocenters. The molecule has 0 aromatic heterocycles. The molecule has 3 heterocycles. The number of nitrogens with zero attached hydrogens (tertiary/aromatic N) is 3. The van der Waals surface area contributed by atoms with Gasteiger partial charge in [0.2, 0.25) is 0 Å². The quantitative estimate of drug-likeness (QED) is 0.209. The van der Waals surface area contributed by atoms with E-state index in [0.29, 0.717) is 0 Å². The van der Waals surface area contributed by atoms with Crippen molar-refractivity contribution in [3.63, 3.8) is 0 Å². The van der Waals surface area contributed by atoms with Gasteiger partial charge in [-0.25, -0.2) is 0 Å². The Morgan fingerprint density at radius 1 is 0.531 bits per heavy atom. The summed E-state index contributed by atoms with van der Waals surface area (Å²) in [6, 6.07) is 56.2. The second-order valence-electron chi connectivity index (χ2n) is 12.4. The van der Waals surface area contributed by atoms with Gasteiger partial charge in [-0.1, -0.05) is 116 Å². The number of benzene rings is 6. The van der Waals surface area contributed by atoms with E-state index >= 15 is 0 Å². The van der Waals surface area contributed by atoms with Crippen molar-refractivity contribution in [2.24, 2.45) is 0 Å². The van der Waals surface area contributed by atoms with Crippen LogP contribution in [0.25, 0.3) is 11.3 Å². The van der Waals surface area contributed by atoms with Gasteiger partial charge in [-0.2, -0.15) is 0 Å². The second-order valence-corrected chi connectivity index (χ2v) is 12.4. The van der Waals surface area contributed by atoms with Crippen LogP contribution in [0.1, 0.15) is 22.9 Å². The smallest absolute Gasteiger partial charge is 0.130 e. The number of anilines is 7. The van der Waals surface area contributed by atoms with Gasteiger partial charge >= 0.3 is 0 Å². The highest BCUT2D eigenvalue weighted by Crippen LogP contribution is 2.52. The van der Waals surface area contributed by atoms with Gasteiger partial charge in [-0.3, -0.25) is 0 Å². The summed E-state index contributed by atoms with van der Waals surface area (Å²) in [5, 5.41) is 3.83. The minimum absolute atomic E-state index is 0.0841. The number of allylic oxidation sites excluding steroid dienone is 5. The molecule has 0 aliphatic carbocycles. The van der Waals surface area contributed by atoms with Crippen LogP contribution in [0.4, 0.5) is 39.8 Å². The highest BCUT2D eigenvalue weighted by molar-refractivity contribution is 6.12. The van der Waals surface area contributed by atoms with Crippen molar-refractivity contribution in [3.05, 3.63) is 211 Å². The molecular weight excluding hydrogens is 597 g/mol. The summed E-state index contributed by atoms with van der Waals surface area (Å²) in [6.07, 6.45) is 8.36. The number of hydrogen-bond donors (Lipinski definition) is 1. The third kappa shape index (κ3) is 4.85. The third-order valence-corrected chi connectivity index (χ3v) is 9.48. The van der Waals surface area contributed by atoms with Crippen LogP contribution in [0.5, 0.6) is 0 Å². The van der Waals surface area contributed by atoms with Gasteiger partial charge in [-0.15, -0.1) is 0 Å². The van der Waals surface area contributed by atoms with Crippen LogP contribution in [0.15, 0.2) is 194 Å². The predicted octanol–water partition coefficient (Wildman–Crippen LogP) is 11.7. The van der Waals surface area contributed by atoms with Crippen LogP contribution in [0.3, 0.4) is 0 Å². The maximum Gasteiger partial charge on any atom is 0.130 e. The molecular formula is C45H34N4. The van der Waals surface area contributed by atoms with Gasteiger partial charge in [0.25, 0.3) is 0 Å². The normalized spacial score (nSPS) is 17.5. The van der Waals surface area contributed by atoms with Crippen LogP contribution in [0, 0.1) is 0 Å². The Kier molecular flexibility index (Phi) is 6.98. The molecule has 0 spiro atoms. The molecule has 0 amide bonds. The Labute approximate surface area is 287 Å². The molecule has 0 saturated carbocycles. The predicted molar refractivity (Wildman–Crippen MR) is 206 cm³/mol. The van der Waals surface area contributed by atoms with Gasteiger partial charge in [0.05, 0.1) is 28.4 Å². The Morgan fingerprint density at radius 3 is 1.92 bits per heavy atom. The Morgan fingerprint density at radius 2 is 1.14 bits per heavy atom. The maximum atomic E-state index is 4.63. The van der Waals surface area contributed by atoms with E-state index in [1.807, 2.05) is 0 Å². The summed E-state index contributed by atoms with van der Waals surface area (Å²) >= 11 is 0. The molecule has 3 aliphatic heterocycles. The second kappa shape index (κ2) is 11.9. The number of para-hydroxylation sites is 6. The van der Waals surface area contributed by atoms with Crippen molar-refractivity contribution in [2.45, 2.75) is 6.17 Å². The first-order chi connectivity index (χ1) is 24.3. The van der Waals surface area contributed by atoms with E-state index in [1.54, 1.807) is 0 Å². The largest absolute Gasteiger partial charge is 0.359 e. The molecule has 49 heavy (non-hydrogen) atoms. The standard InChI is InChI=1S/C45H34N4/c1-32-17-14-15-30-47(34-19-4-2-5-20-34)44-38-25-9-12-28-41(38)48(40-27-11-8-24-37(40)43(32)44)36-23-16-18-33(31-36)45-46-39-26-10-13-29-42(39)49(45)35-21-6-3-7-22-35/h2-31,45-46H,1H2/b17-14-,30-15-. The highest BCUT2D eigenvalue weighted by Gasteiger charge is 2.34. The minimum Gasteiger partial charge on any atom is -0.359 e. The molecule has 1 atom stereocenters. The van der Waals surface area contributed by atoms with Gasteiger partial charge in [0.1, 0.15) is 6.17 Å². The van der Waals surface area contributed by atoms with Gasteiger partial charge in [0.15, 0.2) is 0 Å². The Hall–Kier alpha value is -6.52. The molecule has 6 aromatic carbocycles. The Bertz CT molecular complexity index is 2300. The fourth-order valence-corrected chi connectivity index (χ4v) is 7.36. The lowest BCUT2D eigenvalue weighted by Crippen LogP contribution is -2.23. The molecule has 9 rings (SSSR count). The monoisotopic (exact) mass is 630 g/mol. The van der Waals surface area contributed by atoms with Crippen molar-refractivity contribution in [2.75, 3.05) is 20.0 Å². The van der Waals surface area contributed by atoms with Crippen molar-refractivity contribution < 1.29 is 0 Å². The summed E-state index contributed by atoms with van der Waals surface area (Å²) < 4.78 is 0. The van der Waals surface area contributed by atoms with E-state index in [9.17, 15) is 0 Å². The number of hydrogen-bond acceptors (Lipinski definition) is 4. The fourth-order valence-electron chi connectivity index (χ4n) is 7.36. The summed E-state index contributed by atoms with van der Waals surface area (Å²) in [5.41, 5.74) is 14.4. The van der Waals surface area contributed by atoms with Crippen LogP contribution in [0.2, 0.25) is 0 Å². The SMILES string of the molecule is C=C1/C=C\C=C/N(c2ccccc2)C2=C1c1ccccc1N(c1cccc(C3Nc4ccccc4N3c3ccccc3)c1)c1ccccc12. The zero-order chi connectivity index (χ0) is 32.7. The maximum absolute atomic E-state index is 4.63. The van der Waals surface area contributed by atoms with Crippen molar-refractivity contribution in [1.29, 1.82) is 0 Å². The number of fused-ring (bicyclic) bond motifs is 5. The molecule has 0 radical (unpaired) electrons. The average Bonchev–Trinajstić information content (AvgIpc) is 3.49. The van der Waals surface area contributed by atoms with Crippen LogP contribution in [-0.4, -0.2) is 0 Å². The van der Waals surface area contributed by atoms with Crippen LogP contribution in [-0.2, 0) is 0 Å². The van der Waals surface area contributed by atoms with Crippen LogP contribution >= 0.6 is 0 Å². The van der Waals surface area contributed by atoms with E-state index in [1.165, 1.54) is 11.3 Å². The molecule has 0 bridgehead atoms. The van der Waals surface area contributed by atoms with Crippen molar-refractivity contribution >= 4 is 51.1 Å². The average molecular weight is 631 g/mol. The molecule has 6 aromatic rings.